The van der Waals surface area contributed by atoms with Crippen molar-refractivity contribution in [3.63, 3.8) is 0 Å². The SMILES string of the molecule is CC(C)(C)c1cccc(N=c2ccn3nc/c(=C/c4sc(=O)[nH]c4O)c3n2)c1. The Morgan fingerprint density at radius 3 is 2.82 bits per heavy atom. The van der Waals surface area contributed by atoms with Gasteiger partial charge in [-0.25, -0.2) is 14.5 Å². The minimum Gasteiger partial charge on any atom is -0.493 e. The number of rotatable bonds is 2. The summed E-state index contributed by atoms with van der Waals surface area (Å²) >= 11 is 0.927. The first kappa shape index (κ1) is 18.1. The molecule has 0 saturated carbocycles. The van der Waals surface area contributed by atoms with Gasteiger partial charge < -0.3 is 5.11 Å². The number of aromatic hydroxyl groups is 1. The van der Waals surface area contributed by atoms with E-state index in [1.54, 1.807) is 29.1 Å². The molecule has 0 bridgehead atoms. The Kier molecular flexibility index (Phi) is 4.35. The number of aromatic amines is 1. The molecule has 0 aliphatic heterocycles. The highest BCUT2D eigenvalue weighted by molar-refractivity contribution is 7.10. The third-order valence-electron chi connectivity index (χ3n) is 4.28. The number of thiazole rings is 1. The number of fused-ring (bicyclic) bond motifs is 1. The summed E-state index contributed by atoms with van der Waals surface area (Å²) in [6.45, 7) is 6.49. The molecule has 7 nitrogen and oxygen atoms in total. The van der Waals surface area contributed by atoms with E-state index in [2.05, 4.69) is 53.0 Å². The summed E-state index contributed by atoms with van der Waals surface area (Å²) in [6, 6.07) is 9.88. The Morgan fingerprint density at radius 1 is 1.29 bits per heavy atom. The van der Waals surface area contributed by atoms with E-state index in [-0.39, 0.29) is 16.2 Å². The van der Waals surface area contributed by atoms with Gasteiger partial charge in [0, 0.05) is 17.5 Å². The van der Waals surface area contributed by atoms with Crippen LogP contribution < -0.4 is 15.6 Å². The van der Waals surface area contributed by atoms with Crippen LogP contribution in [-0.4, -0.2) is 24.7 Å². The first-order chi connectivity index (χ1) is 13.3. The second-order valence-electron chi connectivity index (χ2n) is 7.44. The highest BCUT2D eigenvalue weighted by Crippen LogP contribution is 2.25. The van der Waals surface area contributed by atoms with Gasteiger partial charge in [0.15, 0.2) is 11.1 Å². The van der Waals surface area contributed by atoms with E-state index in [0.29, 0.717) is 21.2 Å². The minimum atomic E-state index is -0.317. The zero-order valence-corrected chi connectivity index (χ0v) is 16.5. The van der Waals surface area contributed by atoms with E-state index in [0.717, 1.165) is 17.0 Å². The van der Waals surface area contributed by atoms with Crippen molar-refractivity contribution >= 4 is 28.7 Å². The molecular formula is C20H19N5O2S. The summed E-state index contributed by atoms with van der Waals surface area (Å²) in [7, 11) is 0. The highest BCUT2D eigenvalue weighted by Gasteiger charge is 2.13. The van der Waals surface area contributed by atoms with Gasteiger partial charge in [0.2, 0.25) is 5.88 Å². The fourth-order valence-corrected chi connectivity index (χ4v) is 3.47. The van der Waals surface area contributed by atoms with E-state index in [9.17, 15) is 9.90 Å². The Hall–Kier alpha value is -3.26. The van der Waals surface area contributed by atoms with Crippen LogP contribution in [0.1, 0.15) is 31.2 Å². The zero-order valence-electron chi connectivity index (χ0n) is 15.7. The Labute approximate surface area is 164 Å². The molecule has 8 heteroatoms. The largest absolute Gasteiger partial charge is 0.493 e. The van der Waals surface area contributed by atoms with E-state index < -0.39 is 0 Å². The van der Waals surface area contributed by atoms with Gasteiger partial charge in [-0.3, -0.25) is 9.78 Å². The van der Waals surface area contributed by atoms with Gasteiger partial charge in [-0.15, -0.1) is 0 Å². The zero-order chi connectivity index (χ0) is 19.9. The molecule has 0 atom stereocenters. The van der Waals surface area contributed by atoms with Gasteiger partial charge in [-0.2, -0.15) is 5.10 Å². The molecule has 28 heavy (non-hydrogen) atoms. The van der Waals surface area contributed by atoms with Crippen LogP contribution in [0.25, 0.3) is 11.7 Å². The molecule has 0 aliphatic rings. The van der Waals surface area contributed by atoms with Crippen molar-refractivity contribution in [2.75, 3.05) is 0 Å². The monoisotopic (exact) mass is 393 g/mol. The molecule has 3 heterocycles. The van der Waals surface area contributed by atoms with Crippen molar-refractivity contribution in [1.29, 1.82) is 0 Å². The second kappa shape index (κ2) is 6.72. The number of aromatic nitrogens is 4. The summed E-state index contributed by atoms with van der Waals surface area (Å²) in [5.41, 5.74) is 3.21. The van der Waals surface area contributed by atoms with Crippen LogP contribution in [-0.2, 0) is 5.41 Å². The summed E-state index contributed by atoms with van der Waals surface area (Å²) in [5.74, 6) is -0.158. The Morgan fingerprint density at radius 2 is 2.11 bits per heavy atom. The lowest BCUT2D eigenvalue weighted by atomic mass is 9.87. The fourth-order valence-electron chi connectivity index (χ4n) is 2.79. The molecule has 142 valence electrons. The second-order valence-corrected chi connectivity index (χ2v) is 8.45. The lowest BCUT2D eigenvalue weighted by molar-refractivity contribution is 0.455. The molecule has 0 saturated heterocycles. The standard InChI is InChI=1S/C20H19N5O2S/c1-20(2,3)13-5-4-6-14(10-13)22-16-7-8-25-17(23-16)12(11-21-25)9-15-18(26)24-19(27)28-15/h4-11,26H,1-3H3,(H,24,27)/b12-9-,22-16?. The normalized spacial score (nSPS) is 13.5. The van der Waals surface area contributed by atoms with Crippen molar-refractivity contribution in [2.45, 2.75) is 26.2 Å². The lowest BCUT2D eigenvalue weighted by Crippen LogP contribution is -2.13. The van der Waals surface area contributed by atoms with Crippen LogP contribution in [0.5, 0.6) is 5.88 Å². The molecule has 0 radical (unpaired) electrons. The van der Waals surface area contributed by atoms with Crippen LogP contribution in [0, 0.1) is 0 Å². The molecule has 0 spiro atoms. The molecule has 2 N–H and O–H groups in total. The van der Waals surface area contributed by atoms with Crippen molar-refractivity contribution < 1.29 is 5.11 Å². The summed E-state index contributed by atoms with van der Waals surface area (Å²) in [4.78, 5) is 23.1. The molecule has 3 aromatic heterocycles. The Balaban J connectivity index is 1.83. The highest BCUT2D eigenvalue weighted by atomic mass is 32.1. The average molecular weight is 393 g/mol. The van der Waals surface area contributed by atoms with Gasteiger partial charge in [0.1, 0.15) is 0 Å². The van der Waals surface area contributed by atoms with E-state index in [1.807, 2.05) is 12.1 Å². The maximum Gasteiger partial charge on any atom is 0.307 e. The molecule has 0 aliphatic carbocycles. The number of H-pyrrole nitrogens is 1. The molecule has 0 unspecified atom stereocenters. The minimum absolute atomic E-state index is 0.0383. The molecule has 4 aromatic rings. The van der Waals surface area contributed by atoms with Crippen molar-refractivity contribution in [3.8, 4) is 5.88 Å². The van der Waals surface area contributed by atoms with Gasteiger partial charge in [0.05, 0.1) is 16.8 Å². The smallest absolute Gasteiger partial charge is 0.307 e. The van der Waals surface area contributed by atoms with Crippen LogP contribution in [0.3, 0.4) is 0 Å². The number of nitrogens with one attached hydrogen (secondary N) is 1. The topological polar surface area (TPSA) is 95.6 Å². The third kappa shape index (κ3) is 3.59. The predicted octanol–water partition coefficient (Wildman–Crippen LogP) is 2.26. The summed E-state index contributed by atoms with van der Waals surface area (Å²) in [6.07, 6.45) is 5.10. The summed E-state index contributed by atoms with van der Waals surface area (Å²) < 4.78 is 1.63. The van der Waals surface area contributed by atoms with Gasteiger partial charge in [-0.1, -0.05) is 44.2 Å². The van der Waals surface area contributed by atoms with Gasteiger partial charge in [-0.05, 0) is 29.2 Å². The quantitative estimate of drug-likeness (QED) is 0.546. The van der Waals surface area contributed by atoms with Crippen molar-refractivity contribution in [1.82, 2.24) is 19.6 Å². The summed E-state index contributed by atoms with van der Waals surface area (Å²) in [5, 5.41) is 14.7. The molecule has 0 fully saturated rings. The van der Waals surface area contributed by atoms with Crippen LogP contribution >= 0.6 is 11.3 Å². The van der Waals surface area contributed by atoms with Crippen LogP contribution in [0.2, 0.25) is 0 Å². The maximum absolute atomic E-state index is 11.4. The van der Waals surface area contributed by atoms with Gasteiger partial charge >= 0.3 is 4.87 Å². The molecule has 1 aromatic carbocycles. The number of hydrogen-bond donors (Lipinski definition) is 2. The number of benzene rings is 1. The van der Waals surface area contributed by atoms with Crippen LogP contribution in [0.15, 0.2) is 52.5 Å². The Bertz CT molecular complexity index is 1340. The first-order valence-corrected chi connectivity index (χ1v) is 9.55. The predicted molar refractivity (Wildman–Crippen MR) is 109 cm³/mol. The fraction of sp³-hybridized carbons (Fsp3) is 0.200. The molecule has 4 rings (SSSR count). The van der Waals surface area contributed by atoms with E-state index >= 15 is 0 Å². The van der Waals surface area contributed by atoms with Crippen LogP contribution in [0.4, 0.5) is 5.69 Å². The maximum atomic E-state index is 11.4. The molecule has 0 amide bonds. The average Bonchev–Trinajstić information content (AvgIpc) is 3.17. The number of nitrogens with zero attached hydrogens (tertiary/aromatic N) is 4. The van der Waals surface area contributed by atoms with Crippen molar-refractivity contribution in [3.05, 3.63) is 73.5 Å². The van der Waals surface area contributed by atoms with E-state index in [4.69, 9.17) is 0 Å². The third-order valence-corrected chi connectivity index (χ3v) is 5.10. The van der Waals surface area contributed by atoms with Crippen molar-refractivity contribution in [2.24, 2.45) is 4.99 Å². The number of hydrogen-bond acceptors (Lipinski definition) is 6. The lowest BCUT2D eigenvalue weighted by Gasteiger charge is -2.18. The van der Waals surface area contributed by atoms with E-state index in [1.165, 1.54) is 5.56 Å². The molecular weight excluding hydrogens is 374 g/mol. The van der Waals surface area contributed by atoms with Gasteiger partial charge in [0.25, 0.3) is 0 Å². The first-order valence-electron chi connectivity index (χ1n) is 8.73.